The van der Waals surface area contributed by atoms with E-state index in [-0.39, 0.29) is 17.5 Å². The third-order valence-electron chi connectivity index (χ3n) is 6.26. The van der Waals surface area contributed by atoms with E-state index in [2.05, 4.69) is 13.8 Å². The molecule has 4 atom stereocenters. The Hall–Kier alpha value is -1.12. The number of ketones is 1. The van der Waals surface area contributed by atoms with Gasteiger partial charge in [-0.2, -0.15) is 0 Å². The average molecular weight is 290 g/mol. The van der Waals surface area contributed by atoms with Crippen LogP contribution in [0.2, 0.25) is 0 Å². The molecule has 0 amide bonds. The summed E-state index contributed by atoms with van der Waals surface area (Å²) in [5.74, 6) is 1.36. The Morgan fingerprint density at radius 2 is 2.05 bits per heavy atom. The summed E-state index contributed by atoms with van der Waals surface area (Å²) in [4.78, 5) is 23.5. The van der Waals surface area contributed by atoms with Crippen molar-refractivity contribution in [2.24, 2.45) is 17.3 Å². The molecule has 0 saturated heterocycles. The van der Waals surface area contributed by atoms with Gasteiger partial charge in [0.25, 0.3) is 0 Å². The van der Waals surface area contributed by atoms with Gasteiger partial charge in [-0.05, 0) is 55.9 Å². The first kappa shape index (κ1) is 14.8. The van der Waals surface area contributed by atoms with Crippen molar-refractivity contribution < 1.29 is 14.3 Å². The molecule has 0 spiro atoms. The van der Waals surface area contributed by atoms with Crippen molar-refractivity contribution >= 4 is 11.8 Å². The van der Waals surface area contributed by atoms with E-state index in [1.54, 1.807) is 0 Å². The van der Waals surface area contributed by atoms with Crippen molar-refractivity contribution in [1.82, 2.24) is 0 Å². The highest BCUT2D eigenvalue weighted by Crippen LogP contribution is 2.59. The van der Waals surface area contributed by atoms with Crippen LogP contribution in [0.3, 0.4) is 0 Å². The molecule has 4 unspecified atom stereocenters. The maximum absolute atomic E-state index is 12.1. The molecule has 21 heavy (non-hydrogen) atoms. The van der Waals surface area contributed by atoms with Crippen LogP contribution in [0.25, 0.3) is 0 Å². The van der Waals surface area contributed by atoms with Gasteiger partial charge in [-0.1, -0.05) is 19.4 Å². The second-order valence-electron chi connectivity index (χ2n) is 7.21. The number of rotatable bonds is 2. The molecule has 3 aliphatic carbocycles. The van der Waals surface area contributed by atoms with Gasteiger partial charge < -0.3 is 4.74 Å². The Morgan fingerprint density at radius 3 is 2.71 bits per heavy atom. The predicted molar refractivity (Wildman–Crippen MR) is 80.7 cm³/mol. The summed E-state index contributed by atoms with van der Waals surface area (Å²) < 4.78 is 5.62. The molecule has 3 rings (SSSR count). The van der Waals surface area contributed by atoms with E-state index < -0.39 is 0 Å². The summed E-state index contributed by atoms with van der Waals surface area (Å²) in [5, 5.41) is 0. The number of carbonyl (C=O) groups is 2. The molecule has 3 nitrogen and oxygen atoms in total. The highest BCUT2D eigenvalue weighted by molar-refractivity contribution is 5.97. The number of ether oxygens (including phenoxy) is 1. The second kappa shape index (κ2) is 5.26. The topological polar surface area (TPSA) is 43.4 Å². The van der Waals surface area contributed by atoms with Crippen molar-refractivity contribution in [3.05, 3.63) is 11.1 Å². The summed E-state index contributed by atoms with van der Waals surface area (Å²) in [7, 11) is 0. The van der Waals surface area contributed by atoms with Crippen LogP contribution in [0, 0.1) is 17.3 Å². The molecule has 0 N–H and O–H groups in total. The van der Waals surface area contributed by atoms with E-state index in [1.165, 1.54) is 12.5 Å². The fraction of sp³-hybridized carbons (Fsp3) is 0.778. The van der Waals surface area contributed by atoms with Gasteiger partial charge in [-0.3, -0.25) is 9.59 Å². The summed E-state index contributed by atoms with van der Waals surface area (Å²) in [6.07, 6.45) is 6.86. The third kappa shape index (κ3) is 2.25. The van der Waals surface area contributed by atoms with Gasteiger partial charge >= 0.3 is 5.97 Å². The van der Waals surface area contributed by atoms with E-state index in [1.807, 2.05) is 0 Å². The van der Waals surface area contributed by atoms with Crippen LogP contribution in [0.5, 0.6) is 0 Å². The molecule has 0 radical (unpaired) electrons. The minimum absolute atomic E-state index is 0.0734. The predicted octanol–water partition coefficient (Wildman–Crippen LogP) is 3.81. The average Bonchev–Trinajstić information content (AvgIpc) is 2.75. The maximum atomic E-state index is 12.1. The first-order valence-corrected chi connectivity index (χ1v) is 8.39. The molecule has 0 aliphatic heterocycles. The molecule has 116 valence electrons. The molecular formula is C18H26O3. The summed E-state index contributed by atoms with van der Waals surface area (Å²) in [5.41, 5.74) is 2.67. The number of hydrogen-bond donors (Lipinski definition) is 0. The van der Waals surface area contributed by atoms with Gasteiger partial charge in [-0.25, -0.2) is 0 Å². The van der Waals surface area contributed by atoms with Crippen LogP contribution >= 0.6 is 0 Å². The lowest BCUT2D eigenvalue weighted by Crippen LogP contribution is -2.43. The van der Waals surface area contributed by atoms with E-state index in [9.17, 15) is 9.59 Å². The highest BCUT2D eigenvalue weighted by Gasteiger charge is 2.55. The molecule has 3 aliphatic rings. The van der Waals surface area contributed by atoms with Gasteiger partial charge in [-0.15, -0.1) is 0 Å². The van der Waals surface area contributed by atoms with E-state index >= 15 is 0 Å². The lowest BCUT2D eigenvalue weighted by molar-refractivity contribution is -0.153. The SMILES string of the molecule is CCC1=C2CCC3(C)C(OC(C)=O)CCC3C2CCC1=O. The van der Waals surface area contributed by atoms with Crippen LogP contribution in [-0.4, -0.2) is 17.9 Å². The van der Waals surface area contributed by atoms with Crippen molar-refractivity contribution in [1.29, 1.82) is 0 Å². The quantitative estimate of drug-likeness (QED) is 0.726. The van der Waals surface area contributed by atoms with E-state index in [4.69, 9.17) is 4.74 Å². The Morgan fingerprint density at radius 1 is 1.29 bits per heavy atom. The first-order valence-electron chi connectivity index (χ1n) is 8.39. The monoisotopic (exact) mass is 290 g/mol. The third-order valence-corrected chi connectivity index (χ3v) is 6.26. The van der Waals surface area contributed by atoms with Crippen molar-refractivity contribution in [2.45, 2.75) is 71.8 Å². The smallest absolute Gasteiger partial charge is 0.302 e. The zero-order chi connectivity index (χ0) is 15.2. The van der Waals surface area contributed by atoms with Crippen molar-refractivity contribution in [3.63, 3.8) is 0 Å². The van der Waals surface area contributed by atoms with Gasteiger partial charge in [0, 0.05) is 18.8 Å². The first-order chi connectivity index (χ1) is 9.97. The highest BCUT2D eigenvalue weighted by atomic mass is 16.5. The molecule has 2 fully saturated rings. The Balaban J connectivity index is 1.91. The normalized spacial score (nSPS) is 39.0. The van der Waals surface area contributed by atoms with Gasteiger partial charge in [0.2, 0.25) is 0 Å². The Labute approximate surface area is 127 Å². The van der Waals surface area contributed by atoms with Crippen LogP contribution < -0.4 is 0 Å². The molecule has 0 bridgehead atoms. The van der Waals surface area contributed by atoms with Crippen LogP contribution in [0.4, 0.5) is 0 Å². The van der Waals surface area contributed by atoms with Gasteiger partial charge in [0.05, 0.1) is 0 Å². The van der Waals surface area contributed by atoms with E-state index in [0.717, 1.165) is 44.1 Å². The number of Topliss-reactive ketones (excluding diaryl/α,β-unsaturated/α-hetero) is 1. The zero-order valence-electron chi connectivity index (χ0n) is 13.4. The minimum atomic E-state index is -0.156. The molecule has 0 aromatic carbocycles. The lowest BCUT2D eigenvalue weighted by Gasteiger charge is -2.47. The fourth-order valence-electron chi connectivity index (χ4n) is 5.25. The van der Waals surface area contributed by atoms with Gasteiger partial charge in [0.1, 0.15) is 6.10 Å². The molecule has 0 heterocycles. The molecule has 0 aromatic heterocycles. The summed E-state index contributed by atoms with van der Waals surface area (Å²) in [6, 6.07) is 0. The largest absolute Gasteiger partial charge is 0.462 e. The standard InChI is InChI=1S/C18H26O3/c1-4-12-13-9-10-18(3)15(14(13)5-7-16(12)20)6-8-17(18)21-11(2)19/h14-15,17H,4-10H2,1-3H3. The zero-order valence-corrected chi connectivity index (χ0v) is 13.4. The van der Waals surface area contributed by atoms with Crippen molar-refractivity contribution in [2.75, 3.05) is 0 Å². The van der Waals surface area contributed by atoms with Crippen LogP contribution in [0.1, 0.15) is 65.7 Å². The number of allylic oxidation sites excluding steroid dienone is 2. The van der Waals surface area contributed by atoms with Crippen LogP contribution in [-0.2, 0) is 14.3 Å². The Kier molecular flexibility index (Phi) is 3.71. The van der Waals surface area contributed by atoms with Crippen LogP contribution in [0.15, 0.2) is 11.1 Å². The fourth-order valence-corrected chi connectivity index (χ4v) is 5.25. The van der Waals surface area contributed by atoms with E-state index in [0.29, 0.717) is 24.0 Å². The number of fused-ring (bicyclic) bond motifs is 3. The molecular weight excluding hydrogens is 264 g/mol. The molecule has 0 aromatic rings. The summed E-state index contributed by atoms with van der Waals surface area (Å²) in [6.45, 7) is 5.92. The lowest BCUT2D eigenvalue weighted by atomic mass is 9.58. The molecule has 3 heteroatoms. The second-order valence-corrected chi connectivity index (χ2v) is 7.21. The van der Waals surface area contributed by atoms with Gasteiger partial charge in [0.15, 0.2) is 5.78 Å². The van der Waals surface area contributed by atoms with Crippen molar-refractivity contribution in [3.8, 4) is 0 Å². The maximum Gasteiger partial charge on any atom is 0.302 e. The number of hydrogen-bond acceptors (Lipinski definition) is 3. The minimum Gasteiger partial charge on any atom is -0.462 e. The number of carbonyl (C=O) groups excluding carboxylic acids is 2. The summed E-state index contributed by atoms with van der Waals surface area (Å²) >= 11 is 0. The molecule has 2 saturated carbocycles. The Bertz CT molecular complexity index is 505. The number of esters is 1.